The van der Waals surface area contributed by atoms with Crippen molar-refractivity contribution in [3.05, 3.63) is 77.4 Å². The number of anilines is 1. The number of carbonyl (C=O) groups is 1. The maximum Gasteiger partial charge on any atom is 0.272 e. The van der Waals surface area contributed by atoms with E-state index in [0.29, 0.717) is 35.4 Å². The van der Waals surface area contributed by atoms with Crippen molar-refractivity contribution in [1.82, 2.24) is 14.3 Å². The van der Waals surface area contributed by atoms with Crippen LogP contribution in [0, 0.1) is 11.6 Å². The predicted molar refractivity (Wildman–Crippen MR) is 137 cm³/mol. The fourth-order valence-electron chi connectivity index (χ4n) is 3.92. The van der Waals surface area contributed by atoms with E-state index in [1.54, 1.807) is 30.2 Å². The quantitative estimate of drug-likeness (QED) is 0.488. The van der Waals surface area contributed by atoms with E-state index in [0.717, 1.165) is 17.7 Å². The average molecular weight is 505 g/mol. The Morgan fingerprint density at radius 1 is 1.20 bits per heavy atom. The second-order valence-corrected chi connectivity index (χ2v) is 9.17. The summed E-state index contributed by atoms with van der Waals surface area (Å²) < 4.78 is 44.6. The minimum absolute atomic E-state index is 0.146. The second kappa shape index (κ2) is 12.7. The van der Waals surface area contributed by atoms with E-state index < -0.39 is 34.1 Å². The van der Waals surface area contributed by atoms with Crippen LogP contribution < -0.4 is 10.0 Å². The van der Waals surface area contributed by atoms with Crippen molar-refractivity contribution >= 4 is 22.6 Å². The predicted octanol–water partition coefficient (Wildman–Crippen LogP) is 5.56. The fourth-order valence-corrected chi connectivity index (χ4v) is 5.33. The maximum absolute atomic E-state index is 13.5. The zero-order valence-electron chi connectivity index (χ0n) is 21.1. The Kier molecular flexibility index (Phi) is 10.3. The Morgan fingerprint density at radius 2 is 1.91 bits per heavy atom. The zero-order valence-corrected chi connectivity index (χ0v) is 21.9. The molecular formula is C26H34F2N4O2S. The first kappa shape index (κ1) is 28.3. The minimum Gasteiger partial charge on any atom is -0.345 e. The van der Waals surface area contributed by atoms with Gasteiger partial charge in [-0.2, -0.15) is 0 Å². The number of aryl methyl sites for hydroxylation is 1. The maximum atomic E-state index is 13.5. The highest BCUT2D eigenvalue weighted by Crippen LogP contribution is 2.31. The zero-order chi connectivity index (χ0) is 26.2. The number of amides is 1. The Balaban J connectivity index is 0.00000103. The SMILES string of the molecule is CC.CC.Cn1cc2c(c1C(=O)Nc1ccc(F)c(F)c1)CCC(C)(Cc1cccnc1)NS2=O. The van der Waals surface area contributed by atoms with Crippen LogP contribution >= 0.6 is 0 Å². The van der Waals surface area contributed by atoms with Crippen molar-refractivity contribution < 1.29 is 17.8 Å². The van der Waals surface area contributed by atoms with Crippen LogP contribution in [0.1, 0.15) is 62.7 Å². The normalized spacial score (nSPS) is 18.7. The number of hydrogen-bond donors (Lipinski definition) is 2. The molecule has 4 rings (SSSR count). The lowest BCUT2D eigenvalue weighted by atomic mass is 9.88. The minimum atomic E-state index is -1.52. The molecule has 1 aliphatic rings. The van der Waals surface area contributed by atoms with Gasteiger partial charge in [-0.25, -0.2) is 17.7 Å². The van der Waals surface area contributed by atoms with Crippen molar-refractivity contribution in [1.29, 1.82) is 0 Å². The number of benzene rings is 1. The molecule has 2 unspecified atom stereocenters. The van der Waals surface area contributed by atoms with Gasteiger partial charge in [0.25, 0.3) is 5.91 Å². The van der Waals surface area contributed by atoms with Crippen LogP contribution in [-0.2, 0) is 30.9 Å². The molecule has 190 valence electrons. The Bertz CT molecular complexity index is 1170. The summed E-state index contributed by atoms with van der Waals surface area (Å²) in [4.78, 5) is 17.7. The number of rotatable bonds is 4. The van der Waals surface area contributed by atoms with Gasteiger partial charge < -0.3 is 9.88 Å². The first-order valence-corrected chi connectivity index (χ1v) is 12.9. The highest BCUT2D eigenvalue weighted by atomic mass is 32.2. The van der Waals surface area contributed by atoms with Crippen LogP contribution in [0.15, 0.2) is 53.8 Å². The largest absolute Gasteiger partial charge is 0.345 e. The van der Waals surface area contributed by atoms with E-state index in [2.05, 4.69) is 15.0 Å². The standard InChI is InChI=1S/C22H22F2N4O2S.2C2H6/c1-22(11-14-4-3-9-25-12-14)8-7-16-19(31(30)27-22)13-28(2)20(16)21(29)26-15-5-6-17(23)18(24)10-15;2*1-2/h3-6,9-10,12-13,27H,7-8,11H2,1-2H3,(H,26,29);2*1-2H3. The van der Waals surface area contributed by atoms with E-state index in [9.17, 15) is 17.8 Å². The molecule has 1 aromatic carbocycles. The number of nitrogens with zero attached hydrogens (tertiary/aromatic N) is 2. The van der Waals surface area contributed by atoms with Crippen LogP contribution in [0.2, 0.25) is 0 Å². The van der Waals surface area contributed by atoms with Gasteiger partial charge in [0.15, 0.2) is 11.6 Å². The number of fused-ring (bicyclic) bond motifs is 1. The lowest BCUT2D eigenvalue weighted by molar-refractivity contribution is 0.101. The van der Waals surface area contributed by atoms with Gasteiger partial charge in [-0.3, -0.25) is 9.78 Å². The third-order valence-corrected chi connectivity index (χ3v) is 6.85. The van der Waals surface area contributed by atoms with Crippen molar-refractivity contribution in [3.8, 4) is 0 Å². The highest BCUT2D eigenvalue weighted by Gasteiger charge is 2.34. The summed E-state index contributed by atoms with van der Waals surface area (Å²) in [6, 6.07) is 7.02. The van der Waals surface area contributed by atoms with Crippen LogP contribution in [-0.4, -0.2) is 25.2 Å². The topological polar surface area (TPSA) is 76.0 Å². The molecule has 2 N–H and O–H groups in total. The van der Waals surface area contributed by atoms with E-state index in [1.807, 2.05) is 46.8 Å². The van der Waals surface area contributed by atoms with Crippen molar-refractivity contribution in [3.63, 3.8) is 0 Å². The van der Waals surface area contributed by atoms with E-state index >= 15 is 0 Å². The first-order chi connectivity index (χ1) is 16.8. The molecule has 1 amide bonds. The van der Waals surface area contributed by atoms with Crippen LogP contribution in [0.4, 0.5) is 14.5 Å². The monoisotopic (exact) mass is 504 g/mol. The second-order valence-electron chi connectivity index (χ2n) is 7.98. The van der Waals surface area contributed by atoms with Gasteiger partial charge in [0.2, 0.25) is 0 Å². The summed E-state index contributed by atoms with van der Waals surface area (Å²) >= 11 is 0. The van der Waals surface area contributed by atoms with Crippen molar-refractivity contribution in [2.24, 2.45) is 7.05 Å². The van der Waals surface area contributed by atoms with Gasteiger partial charge in [0.1, 0.15) is 16.7 Å². The summed E-state index contributed by atoms with van der Waals surface area (Å²) in [6.45, 7) is 10.0. The van der Waals surface area contributed by atoms with Gasteiger partial charge in [0, 0.05) is 48.5 Å². The summed E-state index contributed by atoms with van der Waals surface area (Å²) in [5.74, 6) is -2.50. The van der Waals surface area contributed by atoms with Gasteiger partial charge in [-0.1, -0.05) is 33.8 Å². The van der Waals surface area contributed by atoms with Crippen molar-refractivity contribution in [2.45, 2.75) is 64.3 Å². The molecule has 2 atom stereocenters. The average Bonchev–Trinajstić information content (AvgIpc) is 3.14. The summed E-state index contributed by atoms with van der Waals surface area (Å²) in [5, 5.41) is 2.61. The first-order valence-electron chi connectivity index (χ1n) is 11.8. The molecule has 3 aromatic rings. The molecular weight excluding hydrogens is 470 g/mol. The van der Waals surface area contributed by atoms with Crippen molar-refractivity contribution in [2.75, 3.05) is 5.32 Å². The highest BCUT2D eigenvalue weighted by molar-refractivity contribution is 7.83. The molecule has 6 nitrogen and oxygen atoms in total. The molecule has 9 heteroatoms. The molecule has 3 heterocycles. The molecule has 0 spiro atoms. The Hall–Kier alpha value is -2.91. The lowest BCUT2D eigenvalue weighted by Gasteiger charge is -2.28. The molecule has 35 heavy (non-hydrogen) atoms. The number of hydrogen-bond acceptors (Lipinski definition) is 3. The van der Waals surface area contributed by atoms with E-state index in [1.165, 1.54) is 6.07 Å². The van der Waals surface area contributed by atoms with Crippen LogP contribution in [0.25, 0.3) is 0 Å². The third-order valence-electron chi connectivity index (χ3n) is 5.42. The number of nitrogens with one attached hydrogen (secondary N) is 2. The third kappa shape index (κ3) is 6.82. The molecule has 1 aliphatic heterocycles. The molecule has 0 radical (unpaired) electrons. The summed E-state index contributed by atoms with van der Waals surface area (Å²) in [6.07, 6.45) is 6.99. The molecule has 0 fully saturated rings. The smallest absolute Gasteiger partial charge is 0.272 e. The number of carbonyl (C=O) groups excluding carboxylic acids is 1. The van der Waals surface area contributed by atoms with Gasteiger partial charge in [-0.05, 0) is 49.9 Å². The Labute approximate surface area is 208 Å². The fraction of sp³-hybridized carbons (Fsp3) is 0.385. The summed E-state index contributed by atoms with van der Waals surface area (Å²) in [7, 11) is 0.180. The van der Waals surface area contributed by atoms with E-state index in [4.69, 9.17) is 0 Å². The number of halogens is 2. The molecule has 2 aromatic heterocycles. The molecule has 0 bridgehead atoms. The Morgan fingerprint density at radius 3 is 2.54 bits per heavy atom. The van der Waals surface area contributed by atoms with Gasteiger partial charge in [0.05, 0.1) is 4.90 Å². The molecule has 0 saturated heterocycles. The van der Waals surface area contributed by atoms with Crippen LogP contribution in [0.5, 0.6) is 0 Å². The number of pyridine rings is 1. The van der Waals surface area contributed by atoms with E-state index in [-0.39, 0.29) is 5.69 Å². The molecule has 0 saturated carbocycles. The molecule has 0 aliphatic carbocycles. The number of aromatic nitrogens is 2. The summed E-state index contributed by atoms with van der Waals surface area (Å²) in [5.41, 5.74) is 1.75. The van der Waals surface area contributed by atoms with Gasteiger partial charge in [-0.15, -0.1) is 0 Å². The van der Waals surface area contributed by atoms with Gasteiger partial charge >= 0.3 is 0 Å². The van der Waals surface area contributed by atoms with Crippen LogP contribution in [0.3, 0.4) is 0 Å². The lowest BCUT2D eigenvalue weighted by Crippen LogP contribution is -2.44.